The van der Waals surface area contributed by atoms with Crippen LogP contribution >= 0.6 is 0 Å². The van der Waals surface area contributed by atoms with Crippen LogP contribution in [-0.2, 0) is 13.0 Å². The molecule has 122 valence electrons. The van der Waals surface area contributed by atoms with Crippen molar-refractivity contribution in [2.75, 3.05) is 6.54 Å². The van der Waals surface area contributed by atoms with E-state index in [0.717, 1.165) is 38.1 Å². The molecular formula is C19H29NO2. The third-order valence-corrected chi connectivity index (χ3v) is 5.08. The minimum Gasteiger partial charge on any atom is -0.487 e. The summed E-state index contributed by atoms with van der Waals surface area (Å²) in [5, 5.41) is 13.9. The van der Waals surface area contributed by atoms with E-state index in [1.807, 2.05) is 0 Å². The van der Waals surface area contributed by atoms with Gasteiger partial charge in [-0.05, 0) is 49.8 Å². The summed E-state index contributed by atoms with van der Waals surface area (Å²) in [6.45, 7) is 10.2. The third kappa shape index (κ3) is 3.16. The maximum atomic E-state index is 10.3. The van der Waals surface area contributed by atoms with Crippen molar-refractivity contribution in [3.8, 4) is 5.75 Å². The summed E-state index contributed by atoms with van der Waals surface area (Å²) in [7, 11) is 0. The average molecular weight is 303 g/mol. The van der Waals surface area contributed by atoms with E-state index in [-0.39, 0.29) is 17.1 Å². The lowest BCUT2D eigenvalue weighted by Crippen LogP contribution is -2.36. The Labute approximate surface area is 134 Å². The van der Waals surface area contributed by atoms with Crippen molar-refractivity contribution in [1.29, 1.82) is 0 Å². The lowest BCUT2D eigenvalue weighted by molar-refractivity contribution is 0.0502. The molecule has 0 saturated heterocycles. The van der Waals surface area contributed by atoms with Gasteiger partial charge in [0.2, 0.25) is 0 Å². The van der Waals surface area contributed by atoms with E-state index in [4.69, 9.17) is 4.74 Å². The summed E-state index contributed by atoms with van der Waals surface area (Å²) < 4.78 is 5.92. The van der Waals surface area contributed by atoms with Crippen molar-refractivity contribution < 1.29 is 9.84 Å². The topological polar surface area (TPSA) is 41.5 Å². The van der Waals surface area contributed by atoms with Gasteiger partial charge < -0.3 is 15.2 Å². The van der Waals surface area contributed by atoms with E-state index in [1.165, 1.54) is 11.1 Å². The van der Waals surface area contributed by atoms with Crippen molar-refractivity contribution in [1.82, 2.24) is 5.32 Å². The Balaban J connectivity index is 1.55. The van der Waals surface area contributed by atoms with Gasteiger partial charge in [0.05, 0.1) is 6.10 Å². The molecule has 1 fully saturated rings. The maximum absolute atomic E-state index is 10.3. The van der Waals surface area contributed by atoms with Crippen LogP contribution in [0.5, 0.6) is 5.75 Å². The summed E-state index contributed by atoms with van der Waals surface area (Å²) in [6.07, 6.45) is 3.08. The molecule has 2 aliphatic rings. The monoisotopic (exact) mass is 303 g/mol. The molecular weight excluding hydrogens is 274 g/mol. The van der Waals surface area contributed by atoms with E-state index in [9.17, 15) is 5.11 Å². The van der Waals surface area contributed by atoms with Gasteiger partial charge in [0, 0.05) is 24.9 Å². The number of nitrogens with one attached hydrogen (secondary N) is 1. The predicted molar refractivity (Wildman–Crippen MR) is 89.1 cm³/mol. The Bertz CT molecular complexity index is 546. The minimum absolute atomic E-state index is 0.0756. The van der Waals surface area contributed by atoms with Crippen molar-refractivity contribution in [2.24, 2.45) is 11.3 Å². The molecule has 1 aromatic carbocycles. The summed E-state index contributed by atoms with van der Waals surface area (Å²) in [4.78, 5) is 0. The van der Waals surface area contributed by atoms with E-state index < -0.39 is 0 Å². The largest absolute Gasteiger partial charge is 0.487 e. The fourth-order valence-corrected chi connectivity index (χ4v) is 3.67. The van der Waals surface area contributed by atoms with Gasteiger partial charge in [-0.2, -0.15) is 0 Å². The zero-order chi connectivity index (χ0) is 16.0. The third-order valence-electron chi connectivity index (χ3n) is 5.08. The van der Waals surface area contributed by atoms with Gasteiger partial charge in [-0.25, -0.2) is 0 Å². The highest BCUT2D eigenvalue weighted by molar-refractivity contribution is 5.41. The van der Waals surface area contributed by atoms with Crippen molar-refractivity contribution in [2.45, 2.75) is 65.2 Å². The zero-order valence-electron chi connectivity index (χ0n) is 14.3. The summed E-state index contributed by atoms with van der Waals surface area (Å²) in [6, 6.07) is 6.50. The molecule has 1 saturated carbocycles. The molecule has 1 aliphatic carbocycles. The molecule has 1 aliphatic heterocycles. The fourth-order valence-electron chi connectivity index (χ4n) is 3.67. The molecule has 22 heavy (non-hydrogen) atoms. The van der Waals surface area contributed by atoms with E-state index in [1.54, 1.807) is 0 Å². The van der Waals surface area contributed by atoms with Gasteiger partial charge in [0.1, 0.15) is 11.4 Å². The van der Waals surface area contributed by atoms with Crippen LogP contribution in [0.15, 0.2) is 18.2 Å². The highest BCUT2D eigenvalue weighted by atomic mass is 16.5. The predicted octanol–water partition coefficient (Wildman–Crippen LogP) is 3.29. The lowest BCUT2D eigenvalue weighted by Gasteiger charge is -2.25. The first-order chi connectivity index (χ1) is 10.3. The molecule has 0 spiro atoms. The van der Waals surface area contributed by atoms with E-state index in [2.05, 4.69) is 51.2 Å². The second kappa shape index (κ2) is 5.54. The number of hydrogen-bond acceptors (Lipinski definition) is 3. The number of aliphatic hydroxyl groups is 1. The van der Waals surface area contributed by atoms with Crippen LogP contribution in [0.4, 0.5) is 0 Å². The van der Waals surface area contributed by atoms with Crippen LogP contribution in [-0.4, -0.2) is 23.4 Å². The molecule has 0 bridgehead atoms. The van der Waals surface area contributed by atoms with Gasteiger partial charge in [-0.15, -0.1) is 0 Å². The van der Waals surface area contributed by atoms with E-state index in [0.29, 0.717) is 5.92 Å². The van der Waals surface area contributed by atoms with Gasteiger partial charge >= 0.3 is 0 Å². The Kier molecular flexibility index (Phi) is 3.98. The van der Waals surface area contributed by atoms with Gasteiger partial charge in [-0.3, -0.25) is 0 Å². The quantitative estimate of drug-likeness (QED) is 0.847. The van der Waals surface area contributed by atoms with E-state index >= 15 is 0 Å². The lowest BCUT2D eigenvalue weighted by atomic mass is 9.90. The first-order valence-corrected chi connectivity index (χ1v) is 8.51. The Hall–Kier alpha value is -1.06. The molecule has 0 aromatic heterocycles. The first kappa shape index (κ1) is 15.8. The van der Waals surface area contributed by atoms with Crippen molar-refractivity contribution in [3.63, 3.8) is 0 Å². The van der Waals surface area contributed by atoms with Crippen molar-refractivity contribution >= 4 is 0 Å². The number of fused-ring (bicyclic) bond motifs is 1. The highest BCUT2D eigenvalue weighted by Crippen LogP contribution is 2.50. The molecule has 1 atom stereocenters. The van der Waals surface area contributed by atoms with Crippen LogP contribution in [0.2, 0.25) is 0 Å². The van der Waals surface area contributed by atoms with Crippen molar-refractivity contribution in [3.05, 3.63) is 29.3 Å². The van der Waals surface area contributed by atoms with Gasteiger partial charge in [0.25, 0.3) is 0 Å². The summed E-state index contributed by atoms with van der Waals surface area (Å²) in [5.74, 6) is 1.37. The molecule has 2 N–H and O–H groups in total. The molecule has 0 unspecified atom stereocenters. The molecule has 0 amide bonds. The Morgan fingerprint density at radius 3 is 2.64 bits per heavy atom. The Morgan fingerprint density at radius 2 is 2.00 bits per heavy atom. The molecule has 3 rings (SSSR count). The standard InChI is InChI=1S/C19H29NO2/c1-13(2)17(21)19(7-8-19)12-20-11-14-5-6-16-15(9-14)10-18(3,4)22-16/h5-6,9,13,17,20-21H,7-8,10-12H2,1-4H3/t17-/m0/s1. The summed E-state index contributed by atoms with van der Waals surface area (Å²) >= 11 is 0. The number of aliphatic hydroxyl groups excluding tert-OH is 1. The number of benzene rings is 1. The maximum Gasteiger partial charge on any atom is 0.123 e. The zero-order valence-corrected chi connectivity index (χ0v) is 14.3. The van der Waals surface area contributed by atoms with Crippen LogP contribution in [0.1, 0.15) is 51.7 Å². The molecule has 1 heterocycles. The number of rotatable bonds is 6. The molecule has 1 aromatic rings. The molecule has 3 nitrogen and oxygen atoms in total. The average Bonchev–Trinajstić information content (AvgIpc) is 3.14. The van der Waals surface area contributed by atoms with Gasteiger partial charge in [-0.1, -0.05) is 26.0 Å². The highest BCUT2D eigenvalue weighted by Gasteiger charge is 2.49. The molecule has 3 heteroatoms. The minimum atomic E-state index is -0.186. The molecule has 0 radical (unpaired) electrons. The number of ether oxygens (including phenoxy) is 1. The van der Waals surface area contributed by atoms with Crippen LogP contribution in [0, 0.1) is 11.3 Å². The normalized spacial score (nSPS) is 22.3. The van der Waals surface area contributed by atoms with Crippen LogP contribution in [0.3, 0.4) is 0 Å². The summed E-state index contributed by atoms with van der Waals surface area (Å²) in [5.41, 5.74) is 2.66. The number of hydrogen-bond donors (Lipinski definition) is 2. The van der Waals surface area contributed by atoms with Crippen LogP contribution < -0.4 is 10.1 Å². The second-order valence-electron chi connectivity index (χ2n) is 8.14. The fraction of sp³-hybridized carbons (Fsp3) is 0.684. The SMILES string of the molecule is CC(C)[C@H](O)C1(CNCc2ccc3c(c2)CC(C)(C)O3)CC1. The second-order valence-corrected chi connectivity index (χ2v) is 8.14. The van der Waals surface area contributed by atoms with Crippen LogP contribution in [0.25, 0.3) is 0 Å². The van der Waals surface area contributed by atoms with Gasteiger partial charge in [0.15, 0.2) is 0 Å². The first-order valence-electron chi connectivity index (χ1n) is 8.51. The Morgan fingerprint density at radius 1 is 1.27 bits per heavy atom. The smallest absolute Gasteiger partial charge is 0.123 e.